The lowest BCUT2D eigenvalue weighted by Gasteiger charge is -2.15. The lowest BCUT2D eigenvalue weighted by Crippen LogP contribution is -2.06. The number of thiophene rings is 1. The lowest BCUT2D eigenvalue weighted by molar-refractivity contribution is 0.0979. The van der Waals surface area contributed by atoms with Crippen LogP contribution in [0.4, 0.5) is 0 Å². The van der Waals surface area contributed by atoms with Gasteiger partial charge in [0.05, 0.1) is 26.9 Å². The first-order valence-corrected chi connectivity index (χ1v) is 7.48. The molecule has 4 nitrogen and oxygen atoms in total. The largest absolute Gasteiger partial charge is 0.493 e. The first-order chi connectivity index (χ1) is 10.2. The molecule has 0 amide bonds. The number of carbonyl (C=O) groups excluding carboxylic acids is 1. The van der Waals surface area contributed by atoms with E-state index in [-0.39, 0.29) is 5.78 Å². The van der Waals surface area contributed by atoms with E-state index in [0.29, 0.717) is 29.2 Å². The van der Waals surface area contributed by atoms with E-state index in [1.165, 1.54) is 19.8 Å². The standard InChI is InChI=1S/C16H18O4S/c1-18-14-7-5-12(15(19-2)16(14)20-3)13(17)6-4-11-8-9-21-10-11/h5,7-10H,4,6H2,1-3H3. The van der Waals surface area contributed by atoms with Gasteiger partial charge in [-0.2, -0.15) is 11.3 Å². The van der Waals surface area contributed by atoms with E-state index in [4.69, 9.17) is 14.2 Å². The summed E-state index contributed by atoms with van der Waals surface area (Å²) < 4.78 is 15.9. The summed E-state index contributed by atoms with van der Waals surface area (Å²) in [4.78, 5) is 12.4. The average molecular weight is 306 g/mol. The summed E-state index contributed by atoms with van der Waals surface area (Å²) in [5, 5.41) is 4.07. The minimum absolute atomic E-state index is 0.0269. The van der Waals surface area contributed by atoms with Crippen molar-refractivity contribution in [1.82, 2.24) is 0 Å². The number of rotatable bonds is 7. The molecule has 0 N–H and O–H groups in total. The summed E-state index contributed by atoms with van der Waals surface area (Å²) in [6.07, 6.45) is 1.16. The molecule has 21 heavy (non-hydrogen) atoms. The Bertz CT molecular complexity index is 605. The van der Waals surface area contributed by atoms with Crippen molar-refractivity contribution < 1.29 is 19.0 Å². The fourth-order valence-corrected chi connectivity index (χ4v) is 2.85. The molecule has 112 valence electrons. The third-order valence-corrected chi connectivity index (χ3v) is 3.96. The molecule has 0 fully saturated rings. The molecule has 0 saturated carbocycles. The molecule has 0 spiro atoms. The average Bonchev–Trinajstić information content (AvgIpc) is 3.04. The Balaban J connectivity index is 2.23. The number of aryl methyl sites for hydroxylation is 1. The Morgan fingerprint density at radius 3 is 2.38 bits per heavy atom. The highest BCUT2D eigenvalue weighted by Gasteiger charge is 2.20. The van der Waals surface area contributed by atoms with Gasteiger partial charge >= 0.3 is 0 Å². The van der Waals surface area contributed by atoms with E-state index in [1.54, 1.807) is 30.6 Å². The molecule has 2 rings (SSSR count). The Kier molecular flexibility index (Phi) is 5.22. The smallest absolute Gasteiger partial charge is 0.204 e. The van der Waals surface area contributed by atoms with Crippen LogP contribution in [0.1, 0.15) is 22.3 Å². The topological polar surface area (TPSA) is 44.8 Å². The van der Waals surface area contributed by atoms with Gasteiger partial charge in [0.1, 0.15) is 0 Å². The van der Waals surface area contributed by atoms with Gasteiger partial charge < -0.3 is 14.2 Å². The molecule has 0 aliphatic heterocycles. The van der Waals surface area contributed by atoms with Crippen LogP contribution in [0.3, 0.4) is 0 Å². The van der Waals surface area contributed by atoms with Crippen LogP contribution in [0.15, 0.2) is 29.0 Å². The van der Waals surface area contributed by atoms with E-state index in [1.807, 2.05) is 11.4 Å². The number of hydrogen-bond donors (Lipinski definition) is 0. The molecule has 0 unspecified atom stereocenters. The molecule has 0 aliphatic carbocycles. The molecule has 0 bridgehead atoms. The molecule has 0 saturated heterocycles. The second kappa shape index (κ2) is 7.13. The molecule has 5 heteroatoms. The molecule has 0 atom stereocenters. The Hall–Kier alpha value is -2.01. The quantitative estimate of drug-likeness (QED) is 0.733. The summed E-state index contributed by atoms with van der Waals surface area (Å²) >= 11 is 1.63. The van der Waals surface area contributed by atoms with Crippen LogP contribution in [0.5, 0.6) is 17.2 Å². The summed E-state index contributed by atoms with van der Waals surface area (Å²) in [5.74, 6) is 1.44. The zero-order valence-corrected chi connectivity index (χ0v) is 13.2. The van der Waals surface area contributed by atoms with Crippen molar-refractivity contribution in [3.05, 3.63) is 40.1 Å². The number of ether oxygens (including phenoxy) is 3. The number of Topliss-reactive ketones (excluding diaryl/α,β-unsaturated/α-hetero) is 1. The molecule has 0 radical (unpaired) electrons. The van der Waals surface area contributed by atoms with E-state index >= 15 is 0 Å². The summed E-state index contributed by atoms with van der Waals surface area (Å²) in [7, 11) is 4.60. The van der Waals surface area contributed by atoms with Crippen molar-refractivity contribution in [3.63, 3.8) is 0 Å². The van der Waals surface area contributed by atoms with Gasteiger partial charge in [-0.15, -0.1) is 0 Å². The second-order valence-electron chi connectivity index (χ2n) is 4.44. The maximum absolute atomic E-state index is 12.4. The molecular weight excluding hydrogens is 288 g/mol. The van der Waals surface area contributed by atoms with Crippen molar-refractivity contribution in [3.8, 4) is 17.2 Å². The predicted molar refractivity (Wildman–Crippen MR) is 83.1 cm³/mol. The van der Waals surface area contributed by atoms with Crippen molar-refractivity contribution in [2.24, 2.45) is 0 Å². The van der Waals surface area contributed by atoms with E-state index in [2.05, 4.69) is 5.38 Å². The number of ketones is 1. The summed E-state index contributed by atoms with van der Waals surface area (Å²) in [6.45, 7) is 0. The fourth-order valence-electron chi connectivity index (χ4n) is 2.15. The molecule has 0 aliphatic rings. The van der Waals surface area contributed by atoms with Crippen molar-refractivity contribution in [2.45, 2.75) is 12.8 Å². The Morgan fingerprint density at radius 2 is 1.81 bits per heavy atom. The minimum Gasteiger partial charge on any atom is -0.493 e. The van der Waals surface area contributed by atoms with Gasteiger partial charge in [0.25, 0.3) is 0 Å². The third-order valence-electron chi connectivity index (χ3n) is 3.23. The SMILES string of the molecule is COc1ccc(C(=O)CCc2ccsc2)c(OC)c1OC. The van der Waals surface area contributed by atoms with Gasteiger partial charge in [-0.05, 0) is 40.9 Å². The van der Waals surface area contributed by atoms with Gasteiger partial charge in [0, 0.05) is 6.42 Å². The molecule has 1 aromatic heterocycles. The molecule has 2 aromatic rings. The maximum atomic E-state index is 12.4. The van der Waals surface area contributed by atoms with Crippen molar-refractivity contribution >= 4 is 17.1 Å². The van der Waals surface area contributed by atoms with Gasteiger partial charge in [-0.25, -0.2) is 0 Å². The zero-order valence-electron chi connectivity index (χ0n) is 12.3. The monoisotopic (exact) mass is 306 g/mol. The number of carbonyl (C=O) groups is 1. The summed E-state index contributed by atoms with van der Waals surface area (Å²) in [5.41, 5.74) is 1.69. The van der Waals surface area contributed by atoms with Crippen molar-refractivity contribution in [2.75, 3.05) is 21.3 Å². The van der Waals surface area contributed by atoms with Gasteiger partial charge in [-0.1, -0.05) is 0 Å². The second-order valence-corrected chi connectivity index (χ2v) is 5.22. The third kappa shape index (κ3) is 3.36. The zero-order chi connectivity index (χ0) is 15.2. The first-order valence-electron chi connectivity index (χ1n) is 6.54. The highest BCUT2D eigenvalue weighted by atomic mass is 32.1. The van der Waals surface area contributed by atoms with Crippen LogP contribution in [0.2, 0.25) is 0 Å². The van der Waals surface area contributed by atoms with Crippen molar-refractivity contribution in [1.29, 1.82) is 0 Å². The normalized spacial score (nSPS) is 10.2. The van der Waals surface area contributed by atoms with Crippen LogP contribution in [0, 0.1) is 0 Å². The Morgan fingerprint density at radius 1 is 1.05 bits per heavy atom. The molecular formula is C16H18O4S. The molecule has 1 heterocycles. The number of hydrogen-bond acceptors (Lipinski definition) is 5. The van der Waals surface area contributed by atoms with Crippen LogP contribution < -0.4 is 14.2 Å². The predicted octanol–water partition coefficient (Wildman–Crippen LogP) is 3.59. The van der Waals surface area contributed by atoms with Gasteiger partial charge in [0.15, 0.2) is 17.3 Å². The minimum atomic E-state index is 0.0269. The Labute approximate surface area is 128 Å². The number of methoxy groups -OCH3 is 3. The van der Waals surface area contributed by atoms with Crippen LogP contribution in [0.25, 0.3) is 0 Å². The lowest BCUT2D eigenvalue weighted by atomic mass is 10.0. The van der Waals surface area contributed by atoms with E-state index < -0.39 is 0 Å². The van der Waals surface area contributed by atoms with Crippen LogP contribution in [-0.2, 0) is 6.42 Å². The molecule has 1 aromatic carbocycles. The highest BCUT2D eigenvalue weighted by molar-refractivity contribution is 7.07. The first kappa shape index (κ1) is 15.4. The summed E-state index contributed by atoms with van der Waals surface area (Å²) in [6, 6.07) is 5.47. The van der Waals surface area contributed by atoms with Gasteiger partial charge in [0.2, 0.25) is 5.75 Å². The van der Waals surface area contributed by atoms with Crippen LogP contribution >= 0.6 is 11.3 Å². The fraction of sp³-hybridized carbons (Fsp3) is 0.312. The van der Waals surface area contributed by atoms with E-state index in [9.17, 15) is 4.79 Å². The maximum Gasteiger partial charge on any atom is 0.204 e. The van der Waals surface area contributed by atoms with Gasteiger partial charge in [-0.3, -0.25) is 4.79 Å². The number of benzene rings is 1. The highest BCUT2D eigenvalue weighted by Crippen LogP contribution is 2.40. The van der Waals surface area contributed by atoms with E-state index in [0.717, 1.165) is 6.42 Å². The van der Waals surface area contributed by atoms with Crippen LogP contribution in [-0.4, -0.2) is 27.1 Å².